The van der Waals surface area contributed by atoms with Crippen LogP contribution in [0.25, 0.3) is 10.2 Å². The Hall–Kier alpha value is -5.81. The van der Waals surface area contributed by atoms with Crippen molar-refractivity contribution in [3.8, 4) is 5.75 Å². The first-order valence-corrected chi connectivity index (χ1v) is 14.5. The third-order valence-electron chi connectivity index (χ3n) is 6.75. The van der Waals surface area contributed by atoms with E-state index in [9.17, 15) is 10.1 Å². The third kappa shape index (κ3) is 6.63. The van der Waals surface area contributed by atoms with Crippen LogP contribution < -0.4 is 21.1 Å². The molecular weight excluding hydrogens is 574 g/mol. The van der Waals surface area contributed by atoms with Crippen LogP contribution in [0.1, 0.15) is 5.56 Å². The van der Waals surface area contributed by atoms with Crippen LogP contribution in [0, 0.1) is 10.1 Å². The normalized spacial score (nSPS) is 11.2. The summed E-state index contributed by atoms with van der Waals surface area (Å²) in [5.74, 6) is 0.656. The van der Waals surface area contributed by atoms with E-state index in [0.29, 0.717) is 44.8 Å². The summed E-state index contributed by atoms with van der Waals surface area (Å²) in [6, 6.07) is 36.0. The number of fused-ring (bicyclic) bond motifs is 1. The maximum absolute atomic E-state index is 11.1. The number of benzene rings is 5. The minimum atomic E-state index is -0.425. The number of non-ortho nitro benzene ring substituents is 1. The summed E-state index contributed by atoms with van der Waals surface area (Å²) in [6.45, 7) is 0.498. The lowest BCUT2D eigenvalue weighted by Gasteiger charge is -2.25. The Balaban J connectivity index is 1.17. The van der Waals surface area contributed by atoms with E-state index >= 15 is 0 Å². The molecule has 0 amide bonds. The summed E-state index contributed by atoms with van der Waals surface area (Å²) in [7, 11) is 0. The smallest absolute Gasteiger partial charge is 0.270 e. The van der Waals surface area contributed by atoms with Gasteiger partial charge in [0.05, 0.1) is 27.4 Å². The molecule has 44 heavy (non-hydrogen) atoms. The quantitative estimate of drug-likeness (QED) is 0.0690. The summed E-state index contributed by atoms with van der Waals surface area (Å²) in [5, 5.41) is 20.1. The van der Waals surface area contributed by atoms with E-state index in [-0.39, 0.29) is 5.69 Å². The first-order valence-electron chi connectivity index (χ1n) is 13.7. The number of para-hydroxylation sites is 1. The van der Waals surface area contributed by atoms with Gasteiger partial charge in [-0.05, 0) is 66.2 Å². The number of nitrogen functional groups attached to an aromatic ring is 2. The molecule has 10 nitrogen and oxygen atoms in total. The molecule has 5 aromatic carbocycles. The monoisotopic (exact) mass is 601 g/mol. The molecule has 0 bridgehead atoms. The van der Waals surface area contributed by atoms with E-state index in [1.807, 2.05) is 42.5 Å². The average Bonchev–Trinajstić information content (AvgIpc) is 3.44. The van der Waals surface area contributed by atoms with Crippen LogP contribution in [0.4, 0.5) is 44.9 Å². The Morgan fingerprint density at radius 3 is 2.14 bits per heavy atom. The molecule has 0 aliphatic carbocycles. The number of rotatable bonds is 10. The number of azo groups is 1. The topological polar surface area (TPSA) is 145 Å². The molecule has 0 radical (unpaired) electrons. The first-order chi connectivity index (χ1) is 21.4. The number of nitrogens with zero attached hydrogens (tertiary/aromatic N) is 5. The molecule has 6 aromatic rings. The maximum atomic E-state index is 11.1. The van der Waals surface area contributed by atoms with Gasteiger partial charge in [-0.15, -0.1) is 10.2 Å². The van der Waals surface area contributed by atoms with Gasteiger partial charge in [-0.25, -0.2) is 4.98 Å². The number of thiazole rings is 1. The molecule has 0 aliphatic rings. The molecule has 0 saturated heterocycles. The standard InChI is InChI=1S/C33H27N7O3S/c34-23-18-24(35)20-30(19-23)43-17-16-22-6-10-27(11-7-22)39(26-4-2-1-3-5-26)28-12-8-25(9-13-28)37-38-33-36-31-15-14-29(40(41)42)21-32(31)44-33/h1-15,18-21H,16-17,34-35H2. The van der Waals surface area contributed by atoms with Crippen LogP contribution in [0.2, 0.25) is 0 Å². The fraction of sp³-hybridized carbons (Fsp3) is 0.0606. The van der Waals surface area contributed by atoms with E-state index in [0.717, 1.165) is 29.0 Å². The number of hydrogen-bond donors (Lipinski definition) is 2. The number of aromatic nitrogens is 1. The van der Waals surface area contributed by atoms with Crippen molar-refractivity contribution in [3.63, 3.8) is 0 Å². The Kier molecular flexibility index (Phi) is 8.10. The second kappa shape index (κ2) is 12.6. The number of nitro benzene ring substituents is 1. The predicted octanol–water partition coefficient (Wildman–Crippen LogP) is 8.88. The molecule has 4 N–H and O–H groups in total. The number of anilines is 5. The van der Waals surface area contributed by atoms with Crippen LogP contribution in [0.5, 0.6) is 5.75 Å². The zero-order chi connectivity index (χ0) is 30.5. The van der Waals surface area contributed by atoms with Crippen LogP contribution in [0.15, 0.2) is 125 Å². The van der Waals surface area contributed by atoms with Crippen molar-refractivity contribution in [2.45, 2.75) is 6.42 Å². The van der Waals surface area contributed by atoms with E-state index in [4.69, 9.17) is 16.2 Å². The molecule has 1 heterocycles. The summed E-state index contributed by atoms with van der Waals surface area (Å²) in [6.07, 6.45) is 0.728. The fourth-order valence-electron chi connectivity index (χ4n) is 4.68. The van der Waals surface area contributed by atoms with E-state index in [2.05, 4.69) is 56.5 Å². The van der Waals surface area contributed by atoms with Crippen molar-refractivity contribution >= 4 is 66.5 Å². The number of nitrogens with two attached hydrogens (primary N) is 2. The van der Waals surface area contributed by atoms with Gasteiger partial charge in [0.1, 0.15) is 5.75 Å². The number of hydrogen-bond acceptors (Lipinski definition) is 10. The highest BCUT2D eigenvalue weighted by Crippen LogP contribution is 2.36. The molecule has 0 spiro atoms. The lowest BCUT2D eigenvalue weighted by Crippen LogP contribution is -2.10. The van der Waals surface area contributed by atoms with E-state index < -0.39 is 4.92 Å². The second-order valence-electron chi connectivity index (χ2n) is 9.89. The summed E-state index contributed by atoms with van der Waals surface area (Å²) >= 11 is 1.25. The van der Waals surface area contributed by atoms with Gasteiger partial charge in [0, 0.05) is 59.1 Å². The van der Waals surface area contributed by atoms with Crippen molar-refractivity contribution < 1.29 is 9.66 Å². The van der Waals surface area contributed by atoms with Crippen molar-refractivity contribution in [1.82, 2.24) is 4.98 Å². The minimum Gasteiger partial charge on any atom is -0.493 e. The Bertz CT molecular complexity index is 1920. The maximum Gasteiger partial charge on any atom is 0.270 e. The van der Waals surface area contributed by atoms with Crippen LogP contribution in [0.3, 0.4) is 0 Å². The number of nitro groups is 1. The summed E-state index contributed by atoms with van der Waals surface area (Å²) in [4.78, 5) is 17.2. The van der Waals surface area contributed by atoms with Crippen molar-refractivity contribution in [2.24, 2.45) is 10.2 Å². The van der Waals surface area contributed by atoms with E-state index in [1.165, 1.54) is 23.5 Å². The Morgan fingerprint density at radius 2 is 1.45 bits per heavy atom. The number of ether oxygens (including phenoxy) is 1. The molecule has 0 aliphatic heterocycles. The van der Waals surface area contributed by atoms with Gasteiger partial charge >= 0.3 is 0 Å². The van der Waals surface area contributed by atoms with Gasteiger partial charge in [0.15, 0.2) is 0 Å². The van der Waals surface area contributed by atoms with Crippen LogP contribution >= 0.6 is 11.3 Å². The molecule has 0 unspecified atom stereocenters. The van der Waals surface area contributed by atoms with Gasteiger partial charge in [0.2, 0.25) is 5.13 Å². The van der Waals surface area contributed by atoms with Gasteiger partial charge in [-0.3, -0.25) is 10.1 Å². The molecule has 0 fully saturated rings. The highest BCUT2D eigenvalue weighted by atomic mass is 32.1. The van der Waals surface area contributed by atoms with Crippen LogP contribution in [-0.4, -0.2) is 16.5 Å². The zero-order valence-electron chi connectivity index (χ0n) is 23.4. The van der Waals surface area contributed by atoms with E-state index in [1.54, 1.807) is 24.3 Å². The SMILES string of the molecule is Nc1cc(N)cc(OCCc2ccc(N(c3ccccc3)c3ccc(N=Nc4nc5ccc([N+](=O)[O-])cc5s4)cc3)cc2)c1. The molecule has 218 valence electrons. The van der Waals surface area contributed by atoms with Gasteiger partial charge in [0.25, 0.3) is 5.69 Å². The predicted molar refractivity (Wildman–Crippen MR) is 176 cm³/mol. The lowest BCUT2D eigenvalue weighted by atomic mass is 10.1. The zero-order valence-corrected chi connectivity index (χ0v) is 24.2. The first kappa shape index (κ1) is 28.3. The largest absolute Gasteiger partial charge is 0.493 e. The van der Waals surface area contributed by atoms with Gasteiger partial charge in [-0.1, -0.05) is 41.7 Å². The molecule has 1 aromatic heterocycles. The average molecular weight is 602 g/mol. The van der Waals surface area contributed by atoms with Crippen molar-refractivity contribution in [3.05, 3.63) is 131 Å². The highest BCUT2D eigenvalue weighted by Gasteiger charge is 2.13. The van der Waals surface area contributed by atoms with Crippen LogP contribution in [-0.2, 0) is 6.42 Å². The molecule has 0 atom stereocenters. The minimum absolute atomic E-state index is 0.0203. The molecular formula is C33H27N7O3S. The highest BCUT2D eigenvalue weighted by molar-refractivity contribution is 7.21. The summed E-state index contributed by atoms with van der Waals surface area (Å²) in [5.41, 5.74) is 18.3. The van der Waals surface area contributed by atoms with Gasteiger partial charge < -0.3 is 21.1 Å². The Morgan fingerprint density at radius 1 is 0.795 bits per heavy atom. The molecule has 11 heteroatoms. The third-order valence-corrected chi connectivity index (χ3v) is 7.65. The summed E-state index contributed by atoms with van der Waals surface area (Å²) < 4.78 is 6.55. The Labute approximate surface area is 257 Å². The van der Waals surface area contributed by atoms with Gasteiger partial charge in [-0.2, -0.15) is 0 Å². The second-order valence-corrected chi connectivity index (χ2v) is 10.9. The van der Waals surface area contributed by atoms with Crippen molar-refractivity contribution in [2.75, 3.05) is 23.0 Å². The fourth-order valence-corrected chi connectivity index (χ4v) is 5.50. The molecule has 6 rings (SSSR count). The molecule has 0 saturated carbocycles. The lowest BCUT2D eigenvalue weighted by molar-refractivity contribution is -0.384. The van der Waals surface area contributed by atoms with Crippen molar-refractivity contribution in [1.29, 1.82) is 0 Å².